The molecule has 0 aliphatic carbocycles. The van der Waals surface area contributed by atoms with Gasteiger partial charge in [-0.3, -0.25) is 4.79 Å². The highest BCUT2D eigenvalue weighted by Gasteiger charge is 2.44. The van der Waals surface area contributed by atoms with Crippen molar-refractivity contribution in [3.05, 3.63) is 30.3 Å². The first kappa shape index (κ1) is 18.2. The van der Waals surface area contributed by atoms with E-state index < -0.39 is 0 Å². The van der Waals surface area contributed by atoms with Crippen LogP contribution < -0.4 is 4.74 Å². The van der Waals surface area contributed by atoms with E-state index >= 15 is 0 Å². The van der Waals surface area contributed by atoms with Gasteiger partial charge in [0.05, 0.1) is 19.6 Å². The van der Waals surface area contributed by atoms with Gasteiger partial charge in [0.1, 0.15) is 5.75 Å². The summed E-state index contributed by atoms with van der Waals surface area (Å²) < 4.78 is 11.0. The van der Waals surface area contributed by atoms with Crippen molar-refractivity contribution in [2.75, 3.05) is 47.0 Å². The number of ether oxygens (including phenoxy) is 2. The average Bonchev–Trinajstić information content (AvgIpc) is 2.92. The third-order valence-corrected chi connectivity index (χ3v) is 5.74. The summed E-state index contributed by atoms with van der Waals surface area (Å²) in [7, 11) is 3.97. The Bertz CT molecular complexity index is 555. The van der Waals surface area contributed by atoms with Crippen LogP contribution in [-0.4, -0.2) is 68.8 Å². The van der Waals surface area contributed by atoms with Crippen molar-refractivity contribution in [1.29, 1.82) is 0 Å². The quantitative estimate of drug-likeness (QED) is 0.793. The summed E-state index contributed by atoms with van der Waals surface area (Å²) >= 11 is 0. The monoisotopic (exact) mass is 346 g/mol. The molecule has 0 unspecified atom stereocenters. The Morgan fingerprint density at radius 2 is 1.96 bits per heavy atom. The van der Waals surface area contributed by atoms with E-state index in [1.165, 1.54) is 6.42 Å². The zero-order valence-corrected chi connectivity index (χ0v) is 15.4. The topological polar surface area (TPSA) is 42.0 Å². The van der Waals surface area contributed by atoms with Crippen molar-refractivity contribution in [2.24, 2.45) is 5.41 Å². The zero-order valence-electron chi connectivity index (χ0n) is 15.4. The number of likely N-dealkylation sites (tertiary alicyclic amines) is 2. The number of methoxy groups -OCH3 is 1. The van der Waals surface area contributed by atoms with E-state index in [2.05, 4.69) is 11.9 Å². The minimum atomic E-state index is 0.213. The van der Waals surface area contributed by atoms with Crippen molar-refractivity contribution in [1.82, 2.24) is 9.80 Å². The second-order valence-electron chi connectivity index (χ2n) is 7.52. The summed E-state index contributed by atoms with van der Waals surface area (Å²) in [5.74, 6) is 1.04. The molecular weight excluding hydrogens is 316 g/mol. The molecule has 1 aromatic carbocycles. The number of rotatable bonds is 6. The van der Waals surface area contributed by atoms with Crippen LogP contribution in [0.3, 0.4) is 0 Å². The Labute approximate surface area is 150 Å². The Hall–Kier alpha value is -1.59. The minimum Gasteiger partial charge on any atom is -0.493 e. The molecule has 1 aromatic rings. The molecule has 0 aromatic heterocycles. The van der Waals surface area contributed by atoms with Crippen LogP contribution in [0.15, 0.2) is 30.3 Å². The van der Waals surface area contributed by atoms with Gasteiger partial charge in [0.25, 0.3) is 0 Å². The van der Waals surface area contributed by atoms with Gasteiger partial charge in [-0.1, -0.05) is 18.2 Å². The molecule has 2 heterocycles. The lowest BCUT2D eigenvalue weighted by molar-refractivity contribution is -0.134. The Morgan fingerprint density at radius 1 is 1.24 bits per heavy atom. The standard InChI is InChI=1S/C20H30N2O3/c1-21-16-20(14-17(21)15-24-2)9-11-22(12-10-20)19(23)8-13-25-18-6-4-3-5-7-18/h3-7,17H,8-16H2,1-2H3/t17-/m1/s1. The van der Waals surface area contributed by atoms with Gasteiger partial charge in [-0.2, -0.15) is 0 Å². The van der Waals surface area contributed by atoms with Gasteiger partial charge in [0.15, 0.2) is 0 Å². The van der Waals surface area contributed by atoms with E-state index in [4.69, 9.17) is 9.47 Å². The highest BCUT2D eigenvalue weighted by Crippen LogP contribution is 2.42. The molecule has 25 heavy (non-hydrogen) atoms. The van der Waals surface area contributed by atoms with Crippen molar-refractivity contribution in [3.63, 3.8) is 0 Å². The summed E-state index contributed by atoms with van der Waals surface area (Å²) in [6.07, 6.45) is 3.84. The molecule has 0 N–H and O–H groups in total. The van der Waals surface area contributed by atoms with E-state index in [1.54, 1.807) is 7.11 Å². The van der Waals surface area contributed by atoms with Gasteiger partial charge in [0.2, 0.25) is 5.91 Å². The first-order valence-electron chi connectivity index (χ1n) is 9.27. The molecule has 2 aliphatic heterocycles. The third-order valence-electron chi connectivity index (χ3n) is 5.74. The van der Waals surface area contributed by atoms with E-state index in [9.17, 15) is 4.79 Å². The van der Waals surface area contributed by atoms with Gasteiger partial charge in [-0.05, 0) is 43.9 Å². The minimum absolute atomic E-state index is 0.213. The van der Waals surface area contributed by atoms with Crippen LogP contribution in [0.4, 0.5) is 0 Å². The fourth-order valence-corrected chi connectivity index (χ4v) is 4.28. The van der Waals surface area contributed by atoms with Crippen molar-refractivity contribution in [2.45, 2.75) is 31.7 Å². The van der Waals surface area contributed by atoms with Crippen LogP contribution in [0.5, 0.6) is 5.75 Å². The lowest BCUT2D eigenvalue weighted by Gasteiger charge is -2.39. The fraction of sp³-hybridized carbons (Fsp3) is 0.650. The second kappa shape index (κ2) is 8.19. The van der Waals surface area contributed by atoms with E-state index in [-0.39, 0.29) is 5.91 Å². The number of carbonyl (C=O) groups excluding carboxylic acids is 1. The van der Waals surface area contributed by atoms with Crippen LogP contribution >= 0.6 is 0 Å². The molecule has 0 saturated carbocycles. The van der Waals surface area contributed by atoms with Gasteiger partial charge in [0, 0.05) is 32.8 Å². The number of carbonyl (C=O) groups is 1. The van der Waals surface area contributed by atoms with Crippen LogP contribution in [-0.2, 0) is 9.53 Å². The first-order valence-corrected chi connectivity index (χ1v) is 9.27. The summed E-state index contributed by atoms with van der Waals surface area (Å²) in [5.41, 5.74) is 0.370. The van der Waals surface area contributed by atoms with E-state index in [0.29, 0.717) is 24.5 Å². The molecule has 5 nitrogen and oxygen atoms in total. The maximum atomic E-state index is 12.4. The van der Waals surface area contributed by atoms with Gasteiger partial charge >= 0.3 is 0 Å². The normalized spacial score (nSPS) is 23.1. The van der Waals surface area contributed by atoms with E-state index in [0.717, 1.165) is 44.8 Å². The first-order chi connectivity index (χ1) is 12.1. The maximum Gasteiger partial charge on any atom is 0.225 e. The van der Waals surface area contributed by atoms with Crippen LogP contribution in [0, 0.1) is 5.41 Å². The summed E-state index contributed by atoms with van der Waals surface area (Å²) in [5, 5.41) is 0. The molecule has 0 bridgehead atoms. The number of para-hydroxylation sites is 1. The fourth-order valence-electron chi connectivity index (χ4n) is 4.28. The molecule has 138 valence electrons. The summed E-state index contributed by atoms with van der Waals surface area (Å²) in [6, 6.07) is 10.2. The number of nitrogens with zero attached hydrogens (tertiary/aromatic N) is 2. The van der Waals surface area contributed by atoms with Crippen molar-refractivity contribution < 1.29 is 14.3 Å². The number of amides is 1. The molecule has 1 spiro atoms. The largest absolute Gasteiger partial charge is 0.493 e. The molecule has 3 rings (SSSR count). The van der Waals surface area contributed by atoms with Crippen LogP contribution in [0.1, 0.15) is 25.7 Å². The molecule has 2 saturated heterocycles. The molecule has 1 amide bonds. The lowest BCUT2D eigenvalue weighted by Crippen LogP contribution is -2.44. The van der Waals surface area contributed by atoms with Gasteiger partial charge < -0.3 is 19.3 Å². The molecule has 5 heteroatoms. The molecular formula is C20H30N2O3. The average molecular weight is 346 g/mol. The van der Waals surface area contributed by atoms with Crippen molar-refractivity contribution >= 4 is 5.91 Å². The number of piperidine rings is 1. The molecule has 0 radical (unpaired) electrons. The Balaban J connectivity index is 1.42. The van der Waals surface area contributed by atoms with E-state index in [1.807, 2.05) is 35.2 Å². The highest BCUT2D eigenvalue weighted by atomic mass is 16.5. The SMILES string of the molecule is COC[C@H]1CC2(CCN(C(=O)CCOc3ccccc3)CC2)CN1C. The molecule has 2 aliphatic rings. The number of likely N-dealkylation sites (N-methyl/N-ethyl adjacent to an activating group) is 1. The van der Waals surface area contributed by atoms with Gasteiger partial charge in [-0.25, -0.2) is 0 Å². The molecule has 2 fully saturated rings. The Morgan fingerprint density at radius 3 is 2.64 bits per heavy atom. The van der Waals surface area contributed by atoms with Crippen molar-refractivity contribution in [3.8, 4) is 5.75 Å². The number of hydrogen-bond acceptors (Lipinski definition) is 4. The number of hydrogen-bond donors (Lipinski definition) is 0. The molecule has 1 atom stereocenters. The maximum absolute atomic E-state index is 12.4. The van der Waals surface area contributed by atoms with Crippen LogP contribution in [0.25, 0.3) is 0 Å². The Kier molecular flexibility index (Phi) is 5.97. The highest BCUT2D eigenvalue weighted by molar-refractivity contribution is 5.76. The van der Waals surface area contributed by atoms with Gasteiger partial charge in [-0.15, -0.1) is 0 Å². The summed E-state index contributed by atoms with van der Waals surface area (Å²) in [6.45, 7) is 4.12. The lowest BCUT2D eigenvalue weighted by atomic mass is 9.76. The smallest absolute Gasteiger partial charge is 0.225 e. The second-order valence-corrected chi connectivity index (χ2v) is 7.52. The predicted molar refractivity (Wildman–Crippen MR) is 97.7 cm³/mol. The third kappa shape index (κ3) is 4.53. The zero-order chi connectivity index (χ0) is 17.7. The van der Waals surface area contributed by atoms with Crippen LogP contribution in [0.2, 0.25) is 0 Å². The predicted octanol–water partition coefficient (Wildman–Crippen LogP) is 2.41. The number of benzene rings is 1. The summed E-state index contributed by atoms with van der Waals surface area (Å²) in [4.78, 5) is 16.9.